The summed E-state index contributed by atoms with van der Waals surface area (Å²) in [5.74, 6) is -2.36. The number of benzene rings is 2. The van der Waals surface area contributed by atoms with Crippen LogP contribution in [0.3, 0.4) is 0 Å². The molecule has 0 fully saturated rings. The van der Waals surface area contributed by atoms with Crippen LogP contribution in [0.25, 0.3) is 11.3 Å². The summed E-state index contributed by atoms with van der Waals surface area (Å²) in [5, 5.41) is 14.1. The quantitative estimate of drug-likeness (QED) is 0.737. The standard InChI is InChI=1S/C16H10F2N2O2S/c17-10-4-5-12(13(18)7-10)14-8-23-16(20-14)19-11-3-1-2-9(6-11)15(21)22/h1-8H,(H,19,20)(H,21,22). The highest BCUT2D eigenvalue weighted by Gasteiger charge is 2.11. The van der Waals surface area contributed by atoms with Crippen molar-refractivity contribution in [3.05, 3.63) is 65.0 Å². The van der Waals surface area contributed by atoms with Crippen molar-refractivity contribution in [3.8, 4) is 11.3 Å². The Hall–Kier alpha value is -2.80. The van der Waals surface area contributed by atoms with Crippen LogP contribution in [0.1, 0.15) is 10.4 Å². The number of halogens is 2. The minimum absolute atomic E-state index is 0.149. The molecular formula is C16H10F2N2O2S. The maximum absolute atomic E-state index is 13.8. The number of carboxylic acids is 1. The van der Waals surface area contributed by atoms with Gasteiger partial charge in [-0.3, -0.25) is 0 Å². The second-order valence-corrected chi connectivity index (χ2v) is 5.53. The fourth-order valence-electron chi connectivity index (χ4n) is 2.01. The van der Waals surface area contributed by atoms with Gasteiger partial charge in [0.1, 0.15) is 11.6 Å². The highest BCUT2D eigenvalue weighted by molar-refractivity contribution is 7.14. The van der Waals surface area contributed by atoms with Gasteiger partial charge in [-0.05, 0) is 30.3 Å². The molecule has 0 bridgehead atoms. The fraction of sp³-hybridized carbons (Fsp3) is 0. The Morgan fingerprint density at radius 3 is 2.74 bits per heavy atom. The lowest BCUT2D eigenvalue weighted by molar-refractivity contribution is 0.0697. The van der Waals surface area contributed by atoms with Crippen LogP contribution in [-0.2, 0) is 0 Å². The summed E-state index contributed by atoms with van der Waals surface area (Å²) in [6.45, 7) is 0. The molecule has 0 aliphatic heterocycles. The summed E-state index contributed by atoms with van der Waals surface area (Å²) in [6.07, 6.45) is 0. The zero-order chi connectivity index (χ0) is 16.4. The monoisotopic (exact) mass is 332 g/mol. The van der Waals surface area contributed by atoms with Gasteiger partial charge in [0.2, 0.25) is 0 Å². The SMILES string of the molecule is O=C(O)c1cccc(Nc2nc(-c3ccc(F)cc3F)cs2)c1. The molecule has 0 atom stereocenters. The number of aromatic nitrogens is 1. The van der Waals surface area contributed by atoms with E-state index in [-0.39, 0.29) is 11.1 Å². The van der Waals surface area contributed by atoms with Gasteiger partial charge < -0.3 is 10.4 Å². The number of hydrogen-bond donors (Lipinski definition) is 2. The minimum Gasteiger partial charge on any atom is -0.478 e. The van der Waals surface area contributed by atoms with Crippen LogP contribution in [0.2, 0.25) is 0 Å². The number of hydrogen-bond acceptors (Lipinski definition) is 4. The van der Waals surface area contributed by atoms with Crippen molar-refractivity contribution in [2.45, 2.75) is 0 Å². The lowest BCUT2D eigenvalue weighted by atomic mass is 10.1. The van der Waals surface area contributed by atoms with Gasteiger partial charge in [0.25, 0.3) is 0 Å². The summed E-state index contributed by atoms with van der Waals surface area (Å²) in [5.41, 5.74) is 1.29. The molecule has 7 heteroatoms. The third kappa shape index (κ3) is 3.35. The van der Waals surface area contributed by atoms with Crippen LogP contribution < -0.4 is 5.32 Å². The molecule has 0 saturated carbocycles. The Bertz CT molecular complexity index is 880. The highest BCUT2D eigenvalue weighted by atomic mass is 32.1. The Morgan fingerprint density at radius 2 is 2.00 bits per heavy atom. The van der Waals surface area contributed by atoms with Crippen molar-refractivity contribution in [3.63, 3.8) is 0 Å². The zero-order valence-electron chi connectivity index (χ0n) is 11.6. The van der Waals surface area contributed by atoms with Crippen LogP contribution in [0.4, 0.5) is 19.6 Å². The van der Waals surface area contributed by atoms with Crippen molar-refractivity contribution < 1.29 is 18.7 Å². The van der Waals surface area contributed by atoms with E-state index < -0.39 is 17.6 Å². The summed E-state index contributed by atoms with van der Waals surface area (Å²) >= 11 is 1.24. The van der Waals surface area contributed by atoms with Gasteiger partial charge in [-0.1, -0.05) is 6.07 Å². The number of carboxylic acid groups (broad SMARTS) is 1. The molecule has 0 spiro atoms. The molecule has 0 aliphatic rings. The van der Waals surface area contributed by atoms with Crippen LogP contribution in [0, 0.1) is 11.6 Å². The Kier molecular flexibility index (Phi) is 4.03. The molecule has 1 aromatic heterocycles. The number of nitrogens with zero attached hydrogens (tertiary/aromatic N) is 1. The van der Waals surface area contributed by atoms with Crippen LogP contribution in [-0.4, -0.2) is 16.1 Å². The normalized spacial score (nSPS) is 10.5. The molecule has 116 valence electrons. The number of anilines is 2. The Balaban J connectivity index is 1.85. The summed E-state index contributed by atoms with van der Waals surface area (Å²) < 4.78 is 26.7. The molecule has 4 nitrogen and oxygen atoms in total. The number of carbonyl (C=O) groups is 1. The second kappa shape index (κ2) is 6.13. The van der Waals surface area contributed by atoms with Gasteiger partial charge in [0, 0.05) is 22.7 Å². The highest BCUT2D eigenvalue weighted by Crippen LogP contribution is 2.29. The lowest BCUT2D eigenvalue weighted by Gasteiger charge is -2.03. The van der Waals surface area contributed by atoms with Crippen LogP contribution in [0.15, 0.2) is 47.8 Å². The lowest BCUT2D eigenvalue weighted by Crippen LogP contribution is -1.97. The molecular weight excluding hydrogens is 322 g/mol. The largest absolute Gasteiger partial charge is 0.478 e. The van der Waals surface area contributed by atoms with Crippen molar-refractivity contribution >= 4 is 28.1 Å². The summed E-state index contributed by atoms with van der Waals surface area (Å²) in [7, 11) is 0. The third-order valence-electron chi connectivity index (χ3n) is 3.07. The van der Waals surface area contributed by atoms with Gasteiger partial charge in [-0.2, -0.15) is 0 Å². The molecule has 0 saturated heterocycles. The smallest absolute Gasteiger partial charge is 0.335 e. The number of nitrogens with one attached hydrogen (secondary N) is 1. The van der Waals surface area contributed by atoms with Crippen LogP contribution >= 0.6 is 11.3 Å². The van der Waals surface area contributed by atoms with E-state index in [0.29, 0.717) is 16.5 Å². The summed E-state index contributed by atoms with van der Waals surface area (Å²) in [6, 6.07) is 9.57. The molecule has 3 rings (SSSR count). The van der Waals surface area contributed by atoms with Crippen molar-refractivity contribution in [1.82, 2.24) is 4.98 Å². The predicted molar refractivity (Wildman–Crippen MR) is 84.2 cm³/mol. The molecule has 0 unspecified atom stereocenters. The Morgan fingerprint density at radius 1 is 1.17 bits per heavy atom. The number of aromatic carboxylic acids is 1. The Labute approximate surface area is 134 Å². The van der Waals surface area contributed by atoms with E-state index in [1.807, 2.05) is 0 Å². The molecule has 3 aromatic rings. The molecule has 0 radical (unpaired) electrons. The van der Waals surface area contributed by atoms with E-state index in [0.717, 1.165) is 6.07 Å². The topological polar surface area (TPSA) is 62.2 Å². The first kappa shape index (κ1) is 15.1. The predicted octanol–water partition coefficient (Wildman–Crippen LogP) is 4.53. The number of thiazole rings is 1. The first-order valence-corrected chi connectivity index (χ1v) is 7.42. The average Bonchev–Trinajstić information content (AvgIpc) is 2.95. The van der Waals surface area contributed by atoms with Gasteiger partial charge in [0.05, 0.1) is 11.3 Å². The zero-order valence-corrected chi connectivity index (χ0v) is 12.4. The van der Waals surface area contributed by atoms with Crippen LogP contribution in [0.5, 0.6) is 0 Å². The van der Waals surface area contributed by atoms with E-state index >= 15 is 0 Å². The molecule has 2 N–H and O–H groups in total. The van der Waals surface area contributed by atoms with E-state index in [2.05, 4.69) is 10.3 Å². The molecule has 2 aromatic carbocycles. The maximum Gasteiger partial charge on any atom is 0.335 e. The molecule has 23 heavy (non-hydrogen) atoms. The van der Waals surface area contributed by atoms with Crippen molar-refractivity contribution in [2.24, 2.45) is 0 Å². The second-order valence-electron chi connectivity index (χ2n) is 4.67. The molecule has 0 aliphatic carbocycles. The molecule has 1 heterocycles. The van der Waals surface area contributed by atoms with Gasteiger partial charge in [-0.25, -0.2) is 18.6 Å². The third-order valence-corrected chi connectivity index (χ3v) is 3.83. The van der Waals surface area contributed by atoms with Gasteiger partial charge in [0.15, 0.2) is 5.13 Å². The summed E-state index contributed by atoms with van der Waals surface area (Å²) in [4.78, 5) is 15.2. The number of rotatable bonds is 4. The maximum atomic E-state index is 13.8. The van der Waals surface area contributed by atoms with Crippen molar-refractivity contribution in [2.75, 3.05) is 5.32 Å². The fourth-order valence-corrected chi connectivity index (χ4v) is 2.74. The minimum atomic E-state index is -1.03. The van der Waals surface area contributed by atoms with Crippen molar-refractivity contribution in [1.29, 1.82) is 0 Å². The van der Waals surface area contributed by atoms with E-state index in [9.17, 15) is 13.6 Å². The molecule has 0 amide bonds. The van der Waals surface area contributed by atoms with Gasteiger partial charge >= 0.3 is 5.97 Å². The first-order valence-electron chi connectivity index (χ1n) is 6.54. The van der Waals surface area contributed by atoms with E-state index in [1.54, 1.807) is 17.5 Å². The first-order chi connectivity index (χ1) is 11.0. The van der Waals surface area contributed by atoms with Gasteiger partial charge in [-0.15, -0.1) is 11.3 Å². The van der Waals surface area contributed by atoms with E-state index in [4.69, 9.17) is 5.11 Å². The van der Waals surface area contributed by atoms with E-state index in [1.165, 1.54) is 35.6 Å². The average molecular weight is 332 g/mol.